The largest absolute Gasteiger partial charge is 0.467 e. The van der Waals surface area contributed by atoms with Crippen LogP contribution >= 0.6 is 11.6 Å². The van der Waals surface area contributed by atoms with Gasteiger partial charge in [0.2, 0.25) is 0 Å². The molecule has 2 rings (SSSR count). The highest BCUT2D eigenvalue weighted by molar-refractivity contribution is 6.31. The topological polar surface area (TPSA) is 104 Å². The van der Waals surface area contributed by atoms with Gasteiger partial charge >= 0.3 is 5.97 Å². The van der Waals surface area contributed by atoms with E-state index in [9.17, 15) is 9.59 Å². The number of hydrogen-bond donors (Lipinski definition) is 2. The Kier molecular flexibility index (Phi) is 6.20. The molecule has 0 unspecified atom stereocenters. The predicted octanol–water partition coefficient (Wildman–Crippen LogP) is 2.86. The van der Waals surface area contributed by atoms with E-state index in [1.54, 1.807) is 18.2 Å². The second-order valence-electron chi connectivity index (χ2n) is 4.76. The molecule has 1 aromatic heterocycles. The van der Waals surface area contributed by atoms with Crippen molar-refractivity contribution < 1.29 is 18.7 Å². The first-order valence-corrected chi connectivity index (χ1v) is 7.48. The van der Waals surface area contributed by atoms with E-state index in [1.165, 1.54) is 37.8 Å². The van der Waals surface area contributed by atoms with Crippen LogP contribution in [0.2, 0.25) is 5.02 Å². The third-order valence-electron chi connectivity index (χ3n) is 3.13. The molecule has 0 fully saturated rings. The van der Waals surface area contributed by atoms with Crippen molar-refractivity contribution in [3.05, 3.63) is 64.7 Å². The summed E-state index contributed by atoms with van der Waals surface area (Å²) in [6.45, 7) is 0.148. The van der Waals surface area contributed by atoms with Crippen LogP contribution in [-0.4, -0.2) is 19.0 Å². The summed E-state index contributed by atoms with van der Waals surface area (Å²) in [4.78, 5) is 23.8. The van der Waals surface area contributed by atoms with Gasteiger partial charge in [0.05, 0.1) is 31.2 Å². The van der Waals surface area contributed by atoms with E-state index < -0.39 is 11.9 Å². The molecule has 25 heavy (non-hydrogen) atoms. The Bertz CT molecular complexity index is 838. The van der Waals surface area contributed by atoms with Crippen molar-refractivity contribution in [3.63, 3.8) is 0 Å². The summed E-state index contributed by atoms with van der Waals surface area (Å²) in [6.07, 6.45) is 2.67. The average Bonchev–Trinajstić information content (AvgIpc) is 3.13. The normalized spacial score (nSPS) is 10.7. The second kappa shape index (κ2) is 8.57. The average molecular weight is 360 g/mol. The van der Waals surface area contributed by atoms with Crippen LogP contribution in [0.5, 0.6) is 0 Å². The van der Waals surface area contributed by atoms with Gasteiger partial charge in [0, 0.05) is 11.2 Å². The minimum Gasteiger partial charge on any atom is -0.467 e. The van der Waals surface area contributed by atoms with Gasteiger partial charge in [-0.25, -0.2) is 4.79 Å². The van der Waals surface area contributed by atoms with Crippen LogP contribution < -0.4 is 10.6 Å². The second-order valence-corrected chi connectivity index (χ2v) is 5.19. The Hall–Kier alpha value is -3.24. The van der Waals surface area contributed by atoms with Crippen LogP contribution in [0.1, 0.15) is 16.1 Å². The third kappa shape index (κ3) is 4.86. The van der Waals surface area contributed by atoms with E-state index in [0.29, 0.717) is 16.5 Å². The maximum atomic E-state index is 12.0. The predicted molar refractivity (Wildman–Crippen MR) is 90.7 cm³/mol. The van der Waals surface area contributed by atoms with Crippen molar-refractivity contribution in [1.29, 1.82) is 5.26 Å². The molecule has 1 amide bonds. The zero-order chi connectivity index (χ0) is 18.2. The Labute approximate surface area is 148 Å². The van der Waals surface area contributed by atoms with Gasteiger partial charge in [-0.3, -0.25) is 4.79 Å². The van der Waals surface area contributed by atoms with Crippen molar-refractivity contribution >= 4 is 29.2 Å². The molecule has 0 atom stereocenters. The number of nitriles is 1. The van der Waals surface area contributed by atoms with Crippen LogP contribution in [0.25, 0.3) is 0 Å². The monoisotopic (exact) mass is 359 g/mol. The van der Waals surface area contributed by atoms with Crippen LogP contribution in [0.15, 0.2) is 52.8 Å². The third-order valence-corrected chi connectivity index (χ3v) is 3.36. The SMILES string of the molecule is COC(=O)c1ccc(Cl)cc1NC=C(C#N)C(=O)NCc1ccco1. The van der Waals surface area contributed by atoms with Crippen LogP contribution in [0.4, 0.5) is 5.69 Å². The highest BCUT2D eigenvalue weighted by Crippen LogP contribution is 2.22. The first-order chi connectivity index (χ1) is 12.0. The quantitative estimate of drug-likeness (QED) is 0.467. The summed E-state index contributed by atoms with van der Waals surface area (Å²) in [5.74, 6) is -0.609. The molecule has 1 heterocycles. The van der Waals surface area contributed by atoms with Crippen molar-refractivity contribution in [2.24, 2.45) is 0 Å². The smallest absolute Gasteiger partial charge is 0.339 e. The number of carbonyl (C=O) groups excluding carboxylic acids is 2. The molecule has 0 aliphatic heterocycles. The summed E-state index contributed by atoms with van der Waals surface area (Å²) >= 11 is 5.92. The molecular weight excluding hydrogens is 346 g/mol. The van der Waals surface area contributed by atoms with Crippen molar-refractivity contribution in [2.45, 2.75) is 6.54 Å². The number of furan rings is 1. The fourth-order valence-corrected chi connectivity index (χ4v) is 2.07. The fourth-order valence-electron chi connectivity index (χ4n) is 1.90. The lowest BCUT2D eigenvalue weighted by Gasteiger charge is -2.09. The van der Waals surface area contributed by atoms with E-state index in [4.69, 9.17) is 21.3 Å². The van der Waals surface area contributed by atoms with Gasteiger partial charge in [-0.15, -0.1) is 0 Å². The van der Waals surface area contributed by atoms with Crippen molar-refractivity contribution in [2.75, 3.05) is 12.4 Å². The number of esters is 1. The minimum atomic E-state index is -0.590. The number of benzene rings is 1. The highest BCUT2D eigenvalue weighted by Gasteiger charge is 2.13. The number of hydrogen-bond acceptors (Lipinski definition) is 6. The molecule has 8 heteroatoms. The summed E-state index contributed by atoms with van der Waals surface area (Å²) < 4.78 is 9.78. The Balaban J connectivity index is 2.12. The molecule has 7 nitrogen and oxygen atoms in total. The lowest BCUT2D eigenvalue weighted by Crippen LogP contribution is -2.24. The van der Waals surface area contributed by atoms with Crippen LogP contribution in [-0.2, 0) is 16.1 Å². The summed E-state index contributed by atoms with van der Waals surface area (Å²) in [5, 5.41) is 14.8. The lowest BCUT2D eigenvalue weighted by atomic mass is 10.1. The van der Waals surface area contributed by atoms with E-state index in [1.807, 2.05) is 0 Å². The number of rotatable bonds is 6. The van der Waals surface area contributed by atoms with Gasteiger partial charge in [0.25, 0.3) is 5.91 Å². The Morgan fingerprint density at radius 2 is 2.20 bits per heavy atom. The van der Waals surface area contributed by atoms with E-state index in [-0.39, 0.29) is 17.7 Å². The molecule has 1 aromatic carbocycles. The maximum absolute atomic E-state index is 12.0. The summed E-state index contributed by atoms with van der Waals surface area (Å²) in [5.41, 5.74) is 0.352. The molecule has 0 aliphatic carbocycles. The van der Waals surface area contributed by atoms with Gasteiger partial charge in [-0.05, 0) is 30.3 Å². The zero-order valence-corrected chi connectivity index (χ0v) is 14.0. The molecule has 0 bridgehead atoms. The molecule has 2 N–H and O–H groups in total. The van der Waals surface area contributed by atoms with Gasteiger partial charge in [0.15, 0.2) is 0 Å². The van der Waals surface area contributed by atoms with Crippen LogP contribution in [0, 0.1) is 11.3 Å². The number of halogens is 1. The molecule has 0 spiro atoms. The molecule has 0 aliphatic rings. The number of ether oxygens (including phenoxy) is 1. The number of nitrogens with one attached hydrogen (secondary N) is 2. The molecule has 0 saturated carbocycles. The Morgan fingerprint density at radius 1 is 1.40 bits per heavy atom. The van der Waals surface area contributed by atoms with E-state index in [2.05, 4.69) is 15.4 Å². The fraction of sp³-hybridized carbons (Fsp3) is 0.118. The first kappa shape index (κ1) is 18.1. The number of anilines is 1. The Morgan fingerprint density at radius 3 is 2.84 bits per heavy atom. The number of methoxy groups -OCH3 is 1. The van der Waals surface area contributed by atoms with Crippen LogP contribution in [0.3, 0.4) is 0 Å². The number of carbonyl (C=O) groups is 2. The number of nitrogens with zero attached hydrogens (tertiary/aromatic N) is 1. The highest BCUT2D eigenvalue weighted by atomic mass is 35.5. The first-order valence-electron chi connectivity index (χ1n) is 7.10. The minimum absolute atomic E-state index is 0.148. The van der Waals surface area contributed by atoms with E-state index >= 15 is 0 Å². The lowest BCUT2D eigenvalue weighted by molar-refractivity contribution is -0.117. The summed E-state index contributed by atoms with van der Waals surface area (Å²) in [7, 11) is 1.25. The molecule has 2 aromatic rings. The van der Waals surface area contributed by atoms with Crippen molar-refractivity contribution in [3.8, 4) is 6.07 Å². The zero-order valence-electron chi connectivity index (χ0n) is 13.2. The van der Waals surface area contributed by atoms with E-state index in [0.717, 1.165) is 0 Å². The maximum Gasteiger partial charge on any atom is 0.339 e. The van der Waals surface area contributed by atoms with Gasteiger partial charge < -0.3 is 19.8 Å². The molecule has 0 radical (unpaired) electrons. The standard InChI is InChI=1S/C17H14ClN3O4/c1-24-17(23)14-5-4-12(18)7-15(14)20-9-11(8-19)16(22)21-10-13-3-2-6-25-13/h2-7,9,20H,10H2,1H3,(H,21,22). The number of amides is 1. The van der Waals surface area contributed by atoms with Crippen molar-refractivity contribution in [1.82, 2.24) is 5.32 Å². The molecule has 128 valence electrons. The van der Waals surface area contributed by atoms with Gasteiger partial charge in [0.1, 0.15) is 17.4 Å². The van der Waals surface area contributed by atoms with Gasteiger partial charge in [-0.1, -0.05) is 11.6 Å². The summed E-state index contributed by atoms with van der Waals surface area (Å²) in [6, 6.07) is 9.67. The molecular formula is C17H14ClN3O4. The molecule has 0 saturated heterocycles. The van der Waals surface area contributed by atoms with Gasteiger partial charge in [-0.2, -0.15) is 5.26 Å².